The summed E-state index contributed by atoms with van der Waals surface area (Å²) in [5, 5.41) is 9.71. The highest BCUT2D eigenvalue weighted by Gasteiger charge is 2.32. The van der Waals surface area contributed by atoms with E-state index >= 15 is 0 Å². The van der Waals surface area contributed by atoms with Gasteiger partial charge in [0, 0.05) is 16.5 Å². The summed E-state index contributed by atoms with van der Waals surface area (Å²) in [6.45, 7) is 0. The molecule has 0 aliphatic carbocycles. The van der Waals surface area contributed by atoms with Crippen LogP contribution in [0, 0.1) is 0 Å². The molecule has 118 valence electrons. The van der Waals surface area contributed by atoms with Crippen molar-refractivity contribution in [3.05, 3.63) is 58.7 Å². The Morgan fingerprint density at radius 2 is 1.78 bits per heavy atom. The van der Waals surface area contributed by atoms with Crippen LogP contribution in [0.5, 0.6) is 0 Å². The molecule has 0 radical (unpaired) electrons. The molecule has 0 fully saturated rings. The Labute approximate surface area is 133 Å². The summed E-state index contributed by atoms with van der Waals surface area (Å²) < 4.78 is 38.3. The lowest BCUT2D eigenvalue weighted by atomic mass is 9.98. The first-order chi connectivity index (χ1) is 10.8. The predicted molar refractivity (Wildman–Crippen MR) is 80.7 cm³/mol. The van der Waals surface area contributed by atoms with Crippen molar-refractivity contribution in [2.75, 3.05) is 0 Å². The van der Waals surface area contributed by atoms with Gasteiger partial charge in [0.2, 0.25) is 0 Å². The number of carboxylic acids is 1. The van der Waals surface area contributed by atoms with Gasteiger partial charge in [-0.25, -0.2) is 4.79 Å². The van der Waals surface area contributed by atoms with E-state index in [0.29, 0.717) is 16.5 Å². The zero-order chi connectivity index (χ0) is 16.8. The van der Waals surface area contributed by atoms with Crippen LogP contribution in [0.3, 0.4) is 0 Å². The molecule has 1 heterocycles. The Kier molecular flexibility index (Phi) is 3.56. The Balaban J connectivity index is 2.23. The number of benzene rings is 2. The van der Waals surface area contributed by atoms with Crippen molar-refractivity contribution in [1.82, 2.24) is 4.98 Å². The Morgan fingerprint density at radius 3 is 2.43 bits per heavy atom. The first-order valence-electron chi connectivity index (χ1n) is 6.49. The van der Waals surface area contributed by atoms with E-state index in [1.54, 1.807) is 18.2 Å². The van der Waals surface area contributed by atoms with Gasteiger partial charge in [-0.1, -0.05) is 29.8 Å². The maximum Gasteiger partial charge on any atom is 0.431 e. The largest absolute Gasteiger partial charge is 0.478 e. The van der Waals surface area contributed by atoms with Crippen LogP contribution in [-0.2, 0) is 6.18 Å². The molecule has 7 heteroatoms. The van der Waals surface area contributed by atoms with Crippen LogP contribution in [0.15, 0.2) is 42.5 Å². The third-order valence-electron chi connectivity index (χ3n) is 3.46. The summed E-state index contributed by atoms with van der Waals surface area (Å²) in [7, 11) is 0. The molecule has 0 aliphatic rings. The SMILES string of the molecule is O=C(O)c1ccccc1-c1cc2cc(C(F)(F)F)[nH]c2cc1Cl. The molecular formula is C16H9ClF3NO2. The number of hydrogen-bond donors (Lipinski definition) is 2. The number of alkyl halides is 3. The van der Waals surface area contributed by atoms with E-state index in [2.05, 4.69) is 4.98 Å². The van der Waals surface area contributed by atoms with E-state index in [0.717, 1.165) is 6.07 Å². The molecule has 3 nitrogen and oxygen atoms in total. The Bertz CT molecular complexity index is 915. The zero-order valence-corrected chi connectivity index (χ0v) is 12.2. The lowest BCUT2D eigenvalue weighted by molar-refractivity contribution is -0.140. The quantitative estimate of drug-likeness (QED) is 0.673. The second-order valence-electron chi connectivity index (χ2n) is 4.95. The van der Waals surface area contributed by atoms with Crippen LogP contribution >= 0.6 is 11.6 Å². The Morgan fingerprint density at radius 1 is 1.09 bits per heavy atom. The number of halogens is 4. The van der Waals surface area contributed by atoms with E-state index in [9.17, 15) is 23.1 Å². The molecule has 3 aromatic rings. The first kappa shape index (κ1) is 15.4. The van der Waals surface area contributed by atoms with Crippen LogP contribution in [-0.4, -0.2) is 16.1 Å². The fourth-order valence-electron chi connectivity index (χ4n) is 2.42. The molecule has 0 aliphatic heterocycles. The number of H-pyrrole nitrogens is 1. The molecule has 0 amide bonds. The first-order valence-corrected chi connectivity index (χ1v) is 6.87. The van der Waals surface area contributed by atoms with Crippen LogP contribution in [0.25, 0.3) is 22.0 Å². The smallest absolute Gasteiger partial charge is 0.431 e. The van der Waals surface area contributed by atoms with Gasteiger partial charge in [-0.15, -0.1) is 0 Å². The molecule has 0 spiro atoms. The van der Waals surface area contributed by atoms with Gasteiger partial charge in [0.15, 0.2) is 0 Å². The lowest BCUT2D eigenvalue weighted by Crippen LogP contribution is -2.04. The Hall–Kier alpha value is -2.47. The van der Waals surface area contributed by atoms with Crippen molar-refractivity contribution >= 4 is 28.5 Å². The minimum atomic E-state index is -4.50. The van der Waals surface area contributed by atoms with Crippen LogP contribution in [0.4, 0.5) is 13.2 Å². The summed E-state index contributed by atoms with van der Waals surface area (Å²) in [5.41, 5.74) is 0.0954. The number of nitrogens with one attached hydrogen (secondary N) is 1. The number of aromatic nitrogens is 1. The maximum absolute atomic E-state index is 12.8. The van der Waals surface area contributed by atoms with E-state index in [1.807, 2.05) is 0 Å². The average Bonchev–Trinajstić information content (AvgIpc) is 2.89. The summed E-state index contributed by atoms with van der Waals surface area (Å²) in [5.74, 6) is -1.14. The van der Waals surface area contributed by atoms with E-state index in [4.69, 9.17) is 11.6 Å². The van der Waals surface area contributed by atoms with Gasteiger partial charge < -0.3 is 10.1 Å². The number of rotatable bonds is 2. The van der Waals surface area contributed by atoms with Gasteiger partial charge in [0.25, 0.3) is 0 Å². The molecule has 0 saturated carbocycles. The van der Waals surface area contributed by atoms with Gasteiger partial charge in [-0.3, -0.25) is 0 Å². The van der Waals surface area contributed by atoms with Crippen molar-refractivity contribution in [2.45, 2.75) is 6.18 Å². The predicted octanol–water partition coefficient (Wildman–Crippen LogP) is 5.21. The standard InChI is InChI=1S/C16H9ClF3NO2/c17-12-7-13-8(6-14(21-13)16(18,19)20)5-11(12)9-3-1-2-4-10(9)15(22)23/h1-7,21H,(H,22,23). The van der Waals surface area contributed by atoms with Crippen LogP contribution in [0.1, 0.15) is 16.1 Å². The van der Waals surface area contributed by atoms with E-state index in [1.165, 1.54) is 18.2 Å². The highest BCUT2D eigenvalue weighted by molar-refractivity contribution is 6.34. The number of fused-ring (bicyclic) bond motifs is 1. The number of carboxylic acid groups (broad SMARTS) is 1. The van der Waals surface area contributed by atoms with Crippen molar-refractivity contribution < 1.29 is 23.1 Å². The van der Waals surface area contributed by atoms with Gasteiger partial charge in [-0.05, 0) is 29.8 Å². The fourth-order valence-corrected chi connectivity index (χ4v) is 2.68. The summed E-state index contributed by atoms with van der Waals surface area (Å²) in [6, 6.07) is 9.96. The minimum absolute atomic E-state index is 0.0281. The molecule has 0 unspecified atom stereocenters. The summed E-state index contributed by atoms with van der Waals surface area (Å²) in [4.78, 5) is 13.6. The number of aromatic amines is 1. The third-order valence-corrected chi connectivity index (χ3v) is 3.77. The van der Waals surface area contributed by atoms with Crippen LogP contribution < -0.4 is 0 Å². The van der Waals surface area contributed by atoms with E-state index in [-0.39, 0.29) is 16.1 Å². The molecule has 2 aromatic carbocycles. The average molecular weight is 340 g/mol. The number of carbonyl (C=O) groups is 1. The molecule has 0 atom stereocenters. The van der Waals surface area contributed by atoms with Gasteiger partial charge >= 0.3 is 12.1 Å². The normalized spacial score (nSPS) is 11.8. The lowest BCUT2D eigenvalue weighted by Gasteiger charge is -2.08. The molecule has 23 heavy (non-hydrogen) atoms. The van der Waals surface area contributed by atoms with Gasteiger partial charge in [0.05, 0.1) is 10.6 Å². The molecule has 0 saturated heterocycles. The highest BCUT2D eigenvalue weighted by atomic mass is 35.5. The maximum atomic E-state index is 12.8. The molecule has 3 rings (SSSR count). The zero-order valence-electron chi connectivity index (χ0n) is 11.4. The van der Waals surface area contributed by atoms with Crippen molar-refractivity contribution in [3.8, 4) is 11.1 Å². The molecule has 0 bridgehead atoms. The highest BCUT2D eigenvalue weighted by Crippen LogP contribution is 2.37. The number of hydrogen-bond acceptors (Lipinski definition) is 1. The molecule has 2 N–H and O–H groups in total. The summed E-state index contributed by atoms with van der Waals surface area (Å²) in [6.07, 6.45) is -4.50. The van der Waals surface area contributed by atoms with Crippen LogP contribution in [0.2, 0.25) is 5.02 Å². The third kappa shape index (κ3) is 2.77. The fraction of sp³-hybridized carbons (Fsp3) is 0.0625. The number of aromatic carboxylic acids is 1. The second kappa shape index (κ2) is 5.31. The second-order valence-corrected chi connectivity index (χ2v) is 5.36. The monoisotopic (exact) mass is 339 g/mol. The molecular weight excluding hydrogens is 331 g/mol. The summed E-state index contributed by atoms with van der Waals surface area (Å²) >= 11 is 6.14. The van der Waals surface area contributed by atoms with Gasteiger partial charge in [0.1, 0.15) is 5.69 Å². The van der Waals surface area contributed by atoms with Gasteiger partial charge in [-0.2, -0.15) is 13.2 Å². The van der Waals surface area contributed by atoms with Crippen molar-refractivity contribution in [1.29, 1.82) is 0 Å². The van der Waals surface area contributed by atoms with E-state index < -0.39 is 17.8 Å². The van der Waals surface area contributed by atoms with Crippen molar-refractivity contribution in [3.63, 3.8) is 0 Å². The topological polar surface area (TPSA) is 53.1 Å². The minimum Gasteiger partial charge on any atom is -0.478 e. The van der Waals surface area contributed by atoms with Crippen molar-refractivity contribution in [2.24, 2.45) is 0 Å². The molecule has 1 aromatic heterocycles.